The van der Waals surface area contributed by atoms with Crippen LogP contribution in [0.1, 0.15) is 13.3 Å². The summed E-state index contributed by atoms with van der Waals surface area (Å²) in [4.78, 5) is 0. The van der Waals surface area contributed by atoms with E-state index in [1.54, 1.807) is 13.0 Å². The highest BCUT2D eigenvalue weighted by Crippen LogP contribution is 2.01. The van der Waals surface area contributed by atoms with Crippen LogP contribution in [0.4, 0.5) is 0 Å². The van der Waals surface area contributed by atoms with Crippen molar-refractivity contribution in [2.75, 3.05) is 6.54 Å². The van der Waals surface area contributed by atoms with Gasteiger partial charge in [-0.3, -0.25) is 0 Å². The molecule has 0 rings (SSSR count). The SMILES string of the molecule is C=CCNS(=O)(=O)C(C#N)CC. The Kier molecular flexibility index (Phi) is 4.55. The number of hydrogen-bond acceptors (Lipinski definition) is 3. The van der Waals surface area contributed by atoms with Crippen LogP contribution in [0.2, 0.25) is 0 Å². The lowest BCUT2D eigenvalue weighted by Crippen LogP contribution is -2.33. The van der Waals surface area contributed by atoms with Crippen LogP contribution < -0.4 is 4.72 Å². The average molecular weight is 188 g/mol. The van der Waals surface area contributed by atoms with Crippen LogP contribution in [0.3, 0.4) is 0 Å². The van der Waals surface area contributed by atoms with Gasteiger partial charge in [0, 0.05) is 6.54 Å². The zero-order valence-corrected chi connectivity index (χ0v) is 7.76. The maximum atomic E-state index is 11.2. The van der Waals surface area contributed by atoms with Crippen molar-refractivity contribution in [3.8, 4) is 6.07 Å². The molecular weight excluding hydrogens is 176 g/mol. The van der Waals surface area contributed by atoms with Gasteiger partial charge in [-0.25, -0.2) is 13.1 Å². The Balaban J connectivity index is 4.40. The monoisotopic (exact) mass is 188 g/mol. The molecule has 0 aromatic carbocycles. The van der Waals surface area contributed by atoms with Gasteiger partial charge in [-0.1, -0.05) is 13.0 Å². The minimum absolute atomic E-state index is 0.167. The van der Waals surface area contributed by atoms with Crippen molar-refractivity contribution in [3.05, 3.63) is 12.7 Å². The van der Waals surface area contributed by atoms with Crippen LogP contribution in [-0.4, -0.2) is 20.2 Å². The Morgan fingerprint density at radius 3 is 2.67 bits per heavy atom. The molecule has 68 valence electrons. The molecule has 1 unspecified atom stereocenters. The van der Waals surface area contributed by atoms with E-state index in [-0.39, 0.29) is 6.54 Å². The molecule has 0 saturated heterocycles. The van der Waals surface area contributed by atoms with E-state index in [2.05, 4.69) is 11.3 Å². The molecule has 0 bridgehead atoms. The number of nitrogens with zero attached hydrogens (tertiary/aromatic N) is 1. The van der Waals surface area contributed by atoms with Gasteiger partial charge in [-0.05, 0) is 6.42 Å². The zero-order valence-electron chi connectivity index (χ0n) is 6.95. The molecule has 0 spiro atoms. The van der Waals surface area contributed by atoms with Crippen molar-refractivity contribution in [1.82, 2.24) is 4.72 Å². The van der Waals surface area contributed by atoms with Crippen molar-refractivity contribution in [2.24, 2.45) is 0 Å². The first-order valence-corrected chi connectivity index (χ1v) is 5.12. The molecule has 0 aromatic rings. The minimum Gasteiger partial charge on any atom is -0.211 e. The fraction of sp³-hybridized carbons (Fsp3) is 0.571. The summed E-state index contributed by atoms with van der Waals surface area (Å²) in [5.74, 6) is 0. The fourth-order valence-corrected chi connectivity index (χ4v) is 1.78. The van der Waals surface area contributed by atoms with Crippen molar-refractivity contribution in [3.63, 3.8) is 0 Å². The molecule has 4 nitrogen and oxygen atoms in total. The molecule has 12 heavy (non-hydrogen) atoms. The van der Waals surface area contributed by atoms with E-state index in [0.717, 1.165) is 0 Å². The van der Waals surface area contributed by atoms with Gasteiger partial charge in [-0.15, -0.1) is 6.58 Å². The van der Waals surface area contributed by atoms with Gasteiger partial charge in [0.1, 0.15) is 0 Å². The van der Waals surface area contributed by atoms with Crippen LogP contribution in [-0.2, 0) is 10.0 Å². The molecule has 5 heteroatoms. The van der Waals surface area contributed by atoms with Gasteiger partial charge in [0.25, 0.3) is 0 Å². The van der Waals surface area contributed by atoms with Gasteiger partial charge in [-0.2, -0.15) is 5.26 Å². The maximum absolute atomic E-state index is 11.2. The van der Waals surface area contributed by atoms with Gasteiger partial charge in [0.2, 0.25) is 10.0 Å². The van der Waals surface area contributed by atoms with E-state index < -0.39 is 15.3 Å². The predicted molar refractivity (Wildman–Crippen MR) is 46.8 cm³/mol. The molecule has 0 aliphatic rings. The number of hydrogen-bond donors (Lipinski definition) is 1. The number of nitrogens with one attached hydrogen (secondary N) is 1. The van der Waals surface area contributed by atoms with Crippen molar-refractivity contribution < 1.29 is 8.42 Å². The third-order valence-corrected chi connectivity index (χ3v) is 3.08. The van der Waals surface area contributed by atoms with E-state index in [1.165, 1.54) is 6.08 Å². The van der Waals surface area contributed by atoms with Crippen LogP contribution in [0.15, 0.2) is 12.7 Å². The van der Waals surface area contributed by atoms with Crippen LogP contribution in [0.25, 0.3) is 0 Å². The quantitative estimate of drug-likeness (QED) is 0.635. The minimum atomic E-state index is -3.47. The molecule has 1 N–H and O–H groups in total. The molecule has 0 aromatic heterocycles. The molecule has 0 heterocycles. The third kappa shape index (κ3) is 3.03. The molecular formula is C7H12N2O2S. The summed E-state index contributed by atoms with van der Waals surface area (Å²) < 4.78 is 24.6. The van der Waals surface area contributed by atoms with E-state index >= 15 is 0 Å². The molecule has 0 fully saturated rings. The molecule has 0 amide bonds. The number of nitriles is 1. The topological polar surface area (TPSA) is 70.0 Å². The molecule has 1 atom stereocenters. The second-order valence-corrected chi connectivity index (χ2v) is 4.16. The fourth-order valence-electron chi connectivity index (χ4n) is 0.656. The normalized spacial score (nSPS) is 13.3. The Bertz CT molecular complexity index is 276. The standard InChI is InChI=1S/C7H12N2O2S/c1-3-5-9-12(10,11)7(4-2)6-8/h3,7,9H,1,4-5H2,2H3. The maximum Gasteiger partial charge on any atom is 0.228 e. The Morgan fingerprint density at radius 2 is 2.33 bits per heavy atom. The largest absolute Gasteiger partial charge is 0.228 e. The first-order chi connectivity index (χ1) is 5.58. The lowest BCUT2D eigenvalue weighted by molar-refractivity contribution is 0.576. The van der Waals surface area contributed by atoms with Gasteiger partial charge in [0.15, 0.2) is 5.25 Å². The summed E-state index contributed by atoms with van der Waals surface area (Å²) in [6, 6.07) is 1.72. The van der Waals surface area contributed by atoms with Gasteiger partial charge < -0.3 is 0 Å². The second-order valence-electron chi connectivity index (χ2n) is 2.21. The van der Waals surface area contributed by atoms with Crippen molar-refractivity contribution >= 4 is 10.0 Å². The van der Waals surface area contributed by atoms with E-state index in [4.69, 9.17) is 5.26 Å². The van der Waals surface area contributed by atoms with Crippen molar-refractivity contribution in [1.29, 1.82) is 5.26 Å². The van der Waals surface area contributed by atoms with E-state index in [1.807, 2.05) is 0 Å². The molecule has 0 aliphatic heterocycles. The number of sulfonamides is 1. The van der Waals surface area contributed by atoms with Crippen LogP contribution >= 0.6 is 0 Å². The summed E-state index contributed by atoms with van der Waals surface area (Å²) in [5.41, 5.74) is 0. The summed E-state index contributed by atoms with van der Waals surface area (Å²) in [6.45, 7) is 5.19. The average Bonchev–Trinajstić information content (AvgIpc) is 2.03. The highest BCUT2D eigenvalue weighted by molar-refractivity contribution is 7.90. The number of rotatable bonds is 5. The van der Waals surface area contributed by atoms with Gasteiger partial charge >= 0.3 is 0 Å². The van der Waals surface area contributed by atoms with Crippen LogP contribution in [0, 0.1) is 11.3 Å². The van der Waals surface area contributed by atoms with Crippen molar-refractivity contribution in [2.45, 2.75) is 18.6 Å². The Hall–Kier alpha value is -0.860. The first kappa shape index (κ1) is 11.1. The van der Waals surface area contributed by atoms with Crippen LogP contribution in [0.5, 0.6) is 0 Å². The highest BCUT2D eigenvalue weighted by Gasteiger charge is 2.21. The summed E-state index contributed by atoms with van der Waals surface area (Å²) in [5, 5.41) is 7.51. The van der Waals surface area contributed by atoms with Gasteiger partial charge in [0.05, 0.1) is 6.07 Å². The van der Waals surface area contributed by atoms with E-state index in [0.29, 0.717) is 6.42 Å². The zero-order chi connectivity index (χ0) is 9.61. The summed E-state index contributed by atoms with van der Waals surface area (Å²) in [6.07, 6.45) is 1.73. The van der Waals surface area contributed by atoms with E-state index in [9.17, 15) is 8.42 Å². The lowest BCUT2D eigenvalue weighted by Gasteiger charge is -2.07. The Morgan fingerprint density at radius 1 is 1.75 bits per heavy atom. The third-order valence-electron chi connectivity index (χ3n) is 1.32. The predicted octanol–water partition coefficient (Wildman–Crippen LogP) is 0.394. The molecule has 0 aliphatic carbocycles. The lowest BCUT2D eigenvalue weighted by atomic mass is 10.4. The molecule has 0 saturated carbocycles. The highest BCUT2D eigenvalue weighted by atomic mass is 32.2. The summed E-state index contributed by atoms with van der Waals surface area (Å²) in [7, 11) is -3.47. The summed E-state index contributed by atoms with van der Waals surface area (Å²) >= 11 is 0. The second kappa shape index (κ2) is 4.91. The molecule has 0 radical (unpaired) electrons. The Labute approximate surface area is 72.9 Å². The smallest absolute Gasteiger partial charge is 0.211 e. The first-order valence-electron chi connectivity index (χ1n) is 3.57.